The van der Waals surface area contributed by atoms with Gasteiger partial charge in [-0.05, 0) is 33.6 Å². The van der Waals surface area contributed by atoms with E-state index in [2.05, 4.69) is 34.0 Å². The first-order valence-electron chi connectivity index (χ1n) is 6.58. The number of ether oxygens (including phenoxy) is 1. The fourth-order valence-electron chi connectivity index (χ4n) is 2.33. The molecule has 19 heavy (non-hydrogen) atoms. The van der Waals surface area contributed by atoms with Crippen molar-refractivity contribution in [2.24, 2.45) is 5.73 Å². The molecule has 1 aliphatic rings. The number of nitrogens with zero attached hydrogens (tertiary/aromatic N) is 4. The SMILES string of the molecule is COCC(N)c1nc(C2CN(C)CCCN2C)no1. The van der Waals surface area contributed by atoms with Crippen LogP contribution in [0.15, 0.2) is 4.52 Å². The van der Waals surface area contributed by atoms with Crippen molar-refractivity contribution in [3.05, 3.63) is 11.7 Å². The van der Waals surface area contributed by atoms with E-state index in [1.54, 1.807) is 7.11 Å². The van der Waals surface area contributed by atoms with E-state index in [1.807, 2.05) is 0 Å². The lowest BCUT2D eigenvalue weighted by Crippen LogP contribution is -2.31. The summed E-state index contributed by atoms with van der Waals surface area (Å²) in [7, 11) is 5.81. The fraction of sp³-hybridized carbons (Fsp3) is 0.833. The van der Waals surface area contributed by atoms with Gasteiger partial charge in [-0.3, -0.25) is 4.90 Å². The zero-order valence-electron chi connectivity index (χ0n) is 11.9. The van der Waals surface area contributed by atoms with Gasteiger partial charge >= 0.3 is 0 Å². The molecule has 2 atom stereocenters. The summed E-state index contributed by atoms with van der Waals surface area (Å²) in [5.41, 5.74) is 5.90. The summed E-state index contributed by atoms with van der Waals surface area (Å²) in [6.07, 6.45) is 1.15. The molecule has 7 heteroatoms. The van der Waals surface area contributed by atoms with Crippen molar-refractivity contribution in [1.82, 2.24) is 19.9 Å². The predicted molar refractivity (Wildman–Crippen MR) is 70.6 cm³/mol. The van der Waals surface area contributed by atoms with Crippen LogP contribution in [0.25, 0.3) is 0 Å². The monoisotopic (exact) mass is 269 g/mol. The number of methoxy groups -OCH3 is 1. The summed E-state index contributed by atoms with van der Waals surface area (Å²) in [5.74, 6) is 1.15. The Morgan fingerprint density at radius 1 is 1.47 bits per heavy atom. The second kappa shape index (κ2) is 6.42. The number of nitrogens with two attached hydrogens (primary N) is 1. The van der Waals surface area contributed by atoms with Gasteiger partial charge in [-0.1, -0.05) is 5.16 Å². The molecule has 1 saturated heterocycles. The van der Waals surface area contributed by atoms with Crippen molar-refractivity contribution in [3.63, 3.8) is 0 Å². The summed E-state index contributed by atoms with van der Waals surface area (Å²) in [6.45, 7) is 3.40. The van der Waals surface area contributed by atoms with E-state index in [9.17, 15) is 0 Å². The van der Waals surface area contributed by atoms with Crippen molar-refractivity contribution in [2.45, 2.75) is 18.5 Å². The van der Waals surface area contributed by atoms with Gasteiger partial charge < -0.3 is 19.9 Å². The average Bonchev–Trinajstić information content (AvgIpc) is 2.79. The molecule has 7 nitrogen and oxygen atoms in total. The summed E-state index contributed by atoms with van der Waals surface area (Å²) < 4.78 is 10.2. The Balaban J connectivity index is 2.11. The molecule has 0 aromatic carbocycles. The summed E-state index contributed by atoms with van der Waals surface area (Å²) >= 11 is 0. The van der Waals surface area contributed by atoms with Crippen LogP contribution in [0.3, 0.4) is 0 Å². The molecular weight excluding hydrogens is 246 g/mol. The van der Waals surface area contributed by atoms with Gasteiger partial charge in [0.05, 0.1) is 12.6 Å². The highest BCUT2D eigenvalue weighted by atomic mass is 16.5. The van der Waals surface area contributed by atoms with Crippen molar-refractivity contribution in [1.29, 1.82) is 0 Å². The maximum atomic E-state index is 5.90. The number of hydrogen-bond donors (Lipinski definition) is 1. The van der Waals surface area contributed by atoms with Crippen molar-refractivity contribution >= 4 is 0 Å². The Labute approximate surface area is 113 Å². The Kier molecular flexibility index (Phi) is 4.87. The van der Waals surface area contributed by atoms with E-state index in [0.29, 0.717) is 18.3 Å². The highest BCUT2D eigenvalue weighted by Crippen LogP contribution is 2.21. The van der Waals surface area contributed by atoms with Crippen LogP contribution in [0.5, 0.6) is 0 Å². The van der Waals surface area contributed by atoms with Crippen LogP contribution >= 0.6 is 0 Å². The quantitative estimate of drug-likeness (QED) is 0.825. The zero-order chi connectivity index (χ0) is 13.8. The van der Waals surface area contributed by atoms with Crippen LogP contribution in [0.2, 0.25) is 0 Å². The molecule has 1 aromatic rings. The molecule has 0 amide bonds. The summed E-state index contributed by atoms with van der Waals surface area (Å²) in [5, 5.41) is 4.08. The zero-order valence-corrected chi connectivity index (χ0v) is 11.9. The van der Waals surface area contributed by atoms with Crippen LogP contribution in [0.4, 0.5) is 0 Å². The van der Waals surface area contributed by atoms with Gasteiger partial charge in [0.1, 0.15) is 6.04 Å². The molecule has 0 saturated carbocycles. The molecule has 0 radical (unpaired) electrons. The lowest BCUT2D eigenvalue weighted by atomic mass is 10.2. The van der Waals surface area contributed by atoms with Gasteiger partial charge in [-0.2, -0.15) is 4.98 Å². The predicted octanol–water partition coefficient (Wildman–Crippen LogP) is 0.0242. The Morgan fingerprint density at radius 2 is 2.26 bits per heavy atom. The average molecular weight is 269 g/mol. The lowest BCUT2D eigenvalue weighted by molar-refractivity contribution is 0.166. The van der Waals surface area contributed by atoms with Crippen molar-refractivity contribution in [3.8, 4) is 0 Å². The number of rotatable bonds is 4. The molecule has 0 spiro atoms. The smallest absolute Gasteiger partial charge is 0.246 e. The minimum absolute atomic E-state index is 0.153. The molecule has 1 aromatic heterocycles. The van der Waals surface area contributed by atoms with Crippen LogP contribution in [0, 0.1) is 0 Å². The van der Waals surface area contributed by atoms with Gasteiger partial charge in [0.15, 0.2) is 5.82 Å². The summed E-state index contributed by atoms with van der Waals surface area (Å²) in [4.78, 5) is 8.98. The van der Waals surface area contributed by atoms with Crippen molar-refractivity contribution in [2.75, 3.05) is 47.4 Å². The topological polar surface area (TPSA) is 80.7 Å². The first-order chi connectivity index (χ1) is 9.11. The fourth-order valence-corrected chi connectivity index (χ4v) is 2.33. The molecule has 1 aliphatic heterocycles. The summed E-state index contributed by atoms with van der Waals surface area (Å²) in [6, 6.07) is -0.209. The number of hydrogen-bond acceptors (Lipinski definition) is 7. The largest absolute Gasteiger partial charge is 0.383 e. The van der Waals surface area contributed by atoms with Gasteiger partial charge in [0.25, 0.3) is 0 Å². The second-order valence-electron chi connectivity index (χ2n) is 5.16. The van der Waals surface area contributed by atoms with Gasteiger partial charge in [-0.15, -0.1) is 0 Å². The molecular formula is C12H23N5O2. The Morgan fingerprint density at radius 3 is 3.00 bits per heavy atom. The standard InChI is InChI=1S/C12H23N5O2/c1-16-5-4-6-17(2)10(7-16)11-14-12(19-15-11)9(13)8-18-3/h9-10H,4-8,13H2,1-3H3. The third kappa shape index (κ3) is 3.50. The third-order valence-electron chi connectivity index (χ3n) is 3.49. The lowest BCUT2D eigenvalue weighted by Gasteiger charge is -2.24. The minimum atomic E-state index is -0.361. The first-order valence-corrected chi connectivity index (χ1v) is 6.58. The van der Waals surface area contributed by atoms with E-state index in [1.165, 1.54) is 0 Å². The van der Waals surface area contributed by atoms with E-state index in [4.69, 9.17) is 15.0 Å². The van der Waals surface area contributed by atoms with E-state index in [0.717, 1.165) is 26.1 Å². The van der Waals surface area contributed by atoms with Crippen LogP contribution in [-0.2, 0) is 4.74 Å². The maximum Gasteiger partial charge on any atom is 0.246 e. The molecule has 0 bridgehead atoms. The molecule has 2 unspecified atom stereocenters. The molecule has 0 aliphatic carbocycles. The maximum absolute atomic E-state index is 5.90. The first kappa shape index (κ1) is 14.4. The third-order valence-corrected chi connectivity index (χ3v) is 3.49. The van der Waals surface area contributed by atoms with E-state index >= 15 is 0 Å². The van der Waals surface area contributed by atoms with Crippen LogP contribution < -0.4 is 5.73 Å². The van der Waals surface area contributed by atoms with Crippen LogP contribution in [-0.4, -0.2) is 67.4 Å². The normalized spacial score (nSPS) is 24.3. The molecule has 1 fully saturated rings. The van der Waals surface area contributed by atoms with Crippen molar-refractivity contribution < 1.29 is 9.26 Å². The van der Waals surface area contributed by atoms with E-state index in [-0.39, 0.29) is 12.1 Å². The molecule has 2 heterocycles. The number of aromatic nitrogens is 2. The molecule has 2 N–H and O–H groups in total. The van der Waals surface area contributed by atoms with Gasteiger partial charge in [0.2, 0.25) is 5.89 Å². The Hall–Kier alpha value is -1.02. The van der Waals surface area contributed by atoms with Gasteiger partial charge in [-0.25, -0.2) is 0 Å². The second-order valence-corrected chi connectivity index (χ2v) is 5.16. The minimum Gasteiger partial charge on any atom is -0.383 e. The highest BCUT2D eigenvalue weighted by molar-refractivity contribution is 4.99. The molecule has 2 rings (SSSR count). The molecule has 108 valence electrons. The van der Waals surface area contributed by atoms with Gasteiger partial charge in [0, 0.05) is 13.7 Å². The van der Waals surface area contributed by atoms with Crippen LogP contribution in [0.1, 0.15) is 30.2 Å². The highest BCUT2D eigenvalue weighted by Gasteiger charge is 2.27. The Bertz CT molecular complexity index is 397. The van der Waals surface area contributed by atoms with E-state index < -0.39 is 0 Å². The number of likely N-dealkylation sites (N-methyl/N-ethyl adjacent to an activating group) is 2.